The summed E-state index contributed by atoms with van der Waals surface area (Å²) in [6, 6.07) is 2.66. The van der Waals surface area contributed by atoms with Crippen LogP contribution in [0.2, 0.25) is 5.02 Å². The van der Waals surface area contributed by atoms with Crippen LogP contribution in [0, 0.1) is 6.92 Å². The third-order valence-electron chi connectivity index (χ3n) is 2.22. The average Bonchev–Trinajstić information content (AvgIpc) is 2.28. The monoisotopic (exact) mass is 293 g/mol. The smallest absolute Gasteiger partial charge is 0.324 e. The molecule has 0 aromatic heterocycles. The van der Waals surface area contributed by atoms with Gasteiger partial charge >= 0.3 is 5.97 Å². The van der Waals surface area contributed by atoms with Crippen LogP contribution in [0.1, 0.15) is 5.56 Å². The summed E-state index contributed by atoms with van der Waals surface area (Å²) in [5, 5.41) is 17.7. The van der Waals surface area contributed by atoms with Crippen molar-refractivity contribution in [3.63, 3.8) is 0 Å². The first-order valence-electron chi connectivity index (χ1n) is 4.90. The predicted molar refractivity (Wildman–Crippen MR) is 65.0 cm³/mol. The molecule has 0 amide bonds. The van der Waals surface area contributed by atoms with Gasteiger partial charge in [0.2, 0.25) is 10.0 Å². The Balaban J connectivity index is 3.14. The Morgan fingerprint density at radius 1 is 1.50 bits per heavy atom. The molecule has 1 rings (SSSR count). The highest BCUT2D eigenvalue weighted by Gasteiger charge is 2.25. The second kappa shape index (κ2) is 5.66. The number of benzene rings is 1. The molecule has 3 N–H and O–H groups in total. The lowest BCUT2D eigenvalue weighted by Crippen LogP contribution is -2.43. The molecule has 0 radical (unpaired) electrons. The molecule has 0 aliphatic rings. The maximum absolute atomic E-state index is 11.9. The van der Waals surface area contributed by atoms with Crippen LogP contribution in [-0.4, -0.2) is 37.2 Å². The number of sulfonamides is 1. The van der Waals surface area contributed by atoms with Crippen molar-refractivity contribution < 1.29 is 23.4 Å². The lowest BCUT2D eigenvalue weighted by atomic mass is 10.2. The molecule has 0 saturated heterocycles. The summed E-state index contributed by atoms with van der Waals surface area (Å²) >= 11 is 5.70. The lowest BCUT2D eigenvalue weighted by Gasteiger charge is -2.13. The van der Waals surface area contributed by atoms with Gasteiger partial charge in [0.15, 0.2) is 0 Å². The van der Waals surface area contributed by atoms with Crippen LogP contribution in [0.4, 0.5) is 0 Å². The lowest BCUT2D eigenvalue weighted by molar-refractivity contribution is -0.139. The molecule has 100 valence electrons. The minimum atomic E-state index is -4.05. The van der Waals surface area contributed by atoms with Crippen molar-refractivity contribution in [2.45, 2.75) is 17.9 Å². The van der Waals surface area contributed by atoms with Gasteiger partial charge in [0.1, 0.15) is 6.04 Å². The summed E-state index contributed by atoms with van der Waals surface area (Å²) in [4.78, 5) is 10.6. The Morgan fingerprint density at radius 3 is 2.61 bits per heavy atom. The van der Waals surface area contributed by atoms with Crippen molar-refractivity contribution in [1.82, 2.24) is 4.72 Å². The Kier molecular flexibility index (Phi) is 4.69. The van der Waals surface area contributed by atoms with E-state index in [1.165, 1.54) is 18.2 Å². The van der Waals surface area contributed by atoms with Crippen molar-refractivity contribution >= 4 is 27.6 Å². The first-order chi connectivity index (χ1) is 8.27. The molecule has 1 aromatic carbocycles. The fraction of sp³-hybridized carbons (Fsp3) is 0.300. The van der Waals surface area contributed by atoms with E-state index in [4.69, 9.17) is 21.8 Å². The van der Waals surface area contributed by atoms with Crippen molar-refractivity contribution in [3.05, 3.63) is 28.8 Å². The van der Waals surface area contributed by atoms with Crippen LogP contribution in [-0.2, 0) is 14.8 Å². The molecule has 6 nitrogen and oxygen atoms in total. The zero-order valence-corrected chi connectivity index (χ0v) is 11.0. The second-order valence-electron chi connectivity index (χ2n) is 3.60. The molecule has 0 aliphatic heterocycles. The van der Waals surface area contributed by atoms with E-state index >= 15 is 0 Å². The highest BCUT2D eigenvalue weighted by atomic mass is 35.5. The van der Waals surface area contributed by atoms with Gasteiger partial charge in [0.25, 0.3) is 0 Å². The Morgan fingerprint density at radius 2 is 2.11 bits per heavy atom. The normalized spacial score (nSPS) is 13.3. The van der Waals surface area contributed by atoms with Crippen LogP contribution in [0.3, 0.4) is 0 Å². The largest absolute Gasteiger partial charge is 0.480 e. The number of halogens is 1. The van der Waals surface area contributed by atoms with Crippen LogP contribution in [0.5, 0.6) is 0 Å². The van der Waals surface area contributed by atoms with E-state index in [0.29, 0.717) is 5.56 Å². The number of carbonyl (C=O) groups is 1. The van der Waals surface area contributed by atoms with E-state index in [2.05, 4.69) is 0 Å². The number of aliphatic hydroxyl groups excluding tert-OH is 1. The van der Waals surface area contributed by atoms with Gasteiger partial charge in [-0.25, -0.2) is 8.42 Å². The van der Waals surface area contributed by atoms with Gasteiger partial charge in [-0.2, -0.15) is 4.72 Å². The van der Waals surface area contributed by atoms with E-state index in [0.717, 1.165) is 0 Å². The standard InChI is InChI=1S/C10H12ClNO5S/c1-6-2-3-7(11)4-9(6)18(16,17)12-8(5-13)10(14)15/h2-4,8,12-13H,5H2,1H3,(H,14,15). The van der Waals surface area contributed by atoms with Crippen LogP contribution in [0.15, 0.2) is 23.1 Å². The van der Waals surface area contributed by atoms with Crippen LogP contribution < -0.4 is 4.72 Å². The molecule has 0 heterocycles. The van der Waals surface area contributed by atoms with E-state index in [-0.39, 0.29) is 9.92 Å². The molecule has 18 heavy (non-hydrogen) atoms. The number of carboxylic acids is 1. The van der Waals surface area contributed by atoms with E-state index in [1.807, 2.05) is 4.72 Å². The van der Waals surface area contributed by atoms with Gasteiger partial charge in [-0.15, -0.1) is 0 Å². The molecule has 0 saturated carbocycles. The topological polar surface area (TPSA) is 104 Å². The third-order valence-corrected chi connectivity index (χ3v) is 4.07. The van der Waals surface area contributed by atoms with Gasteiger partial charge < -0.3 is 10.2 Å². The molecule has 8 heteroatoms. The summed E-state index contributed by atoms with van der Waals surface area (Å²) in [6.45, 7) is 0.716. The van der Waals surface area contributed by atoms with Gasteiger partial charge in [0, 0.05) is 5.02 Å². The maximum atomic E-state index is 11.9. The second-order valence-corrected chi connectivity index (χ2v) is 5.72. The van der Waals surface area contributed by atoms with Gasteiger partial charge in [-0.1, -0.05) is 17.7 Å². The van der Waals surface area contributed by atoms with Gasteiger partial charge in [0.05, 0.1) is 11.5 Å². The summed E-state index contributed by atoms with van der Waals surface area (Å²) in [5.41, 5.74) is 0.425. The molecule has 1 unspecified atom stereocenters. The number of rotatable bonds is 5. The Bertz CT molecular complexity index is 557. The quantitative estimate of drug-likeness (QED) is 0.728. The van der Waals surface area contributed by atoms with E-state index in [9.17, 15) is 13.2 Å². The first kappa shape index (κ1) is 14.9. The van der Waals surface area contributed by atoms with Gasteiger partial charge in [-0.05, 0) is 24.6 Å². The highest BCUT2D eigenvalue weighted by Crippen LogP contribution is 2.20. The Labute approximate surface area is 109 Å². The number of hydrogen-bond donors (Lipinski definition) is 3. The van der Waals surface area contributed by atoms with Crippen LogP contribution >= 0.6 is 11.6 Å². The number of aryl methyl sites for hydroxylation is 1. The minimum absolute atomic E-state index is 0.116. The molecule has 0 spiro atoms. The highest BCUT2D eigenvalue weighted by molar-refractivity contribution is 7.89. The fourth-order valence-corrected chi connectivity index (χ4v) is 2.97. The number of aliphatic hydroxyl groups is 1. The Hall–Kier alpha value is -1.15. The zero-order chi connectivity index (χ0) is 13.9. The van der Waals surface area contributed by atoms with Crippen molar-refractivity contribution in [1.29, 1.82) is 0 Å². The number of aliphatic carboxylic acids is 1. The fourth-order valence-electron chi connectivity index (χ4n) is 1.28. The molecule has 0 fully saturated rings. The van der Waals surface area contributed by atoms with E-state index in [1.54, 1.807) is 6.92 Å². The third kappa shape index (κ3) is 3.42. The molecular formula is C10H12ClNO5S. The predicted octanol–water partition coefficient (Wildman–Crippen LogP) is 0.372. The summed E-state index contributed by atoms with van der Waals surface area (Å²) in [6.07, 6.45) is 0. The van der Waals surface area contributed by atoms with Crippen molar-refractivity contribution in [3.8, 4) is 0 Å². The number of nitrogens with one attached hydrogen (secondary N) is 1. The molecule has 1 atom stereocenters. The van der Waals surface area contributed by atoms with Crippen LogP contribution in [0.25, 0.3) is 0 Å². The molecule has 0 bridgehead atoms. The number of hydrogen-bond acceptors (Lipinski definition) is 4. The zero-order valence-electron chi connectivity index (χ0n) is 9.42. The van der Waals surface area contributed by atoms with Crippen molar-refractivity contribution in [2.75, 3.05) is 6.61 Å². The van der Waals surface area contributed by atoms with E-state index < -0.39 is 28.6 Å². The first-order valence-corrected chi connectivity index (χ1v) is 6.76. The average molecular weight is 294 g/mol. The summed E-state index contributed by atoms with van der Waals surface area (Å²) in [5.74, 6) is -1.46. The van der Waals surface area contributed by atoms with Crippen molar-refractivity contribution in [2.24, 2.45) is 0 Å². The molecule has 1 aromatic rings. The number of carboxylic acid groups (broad SMARTS) is 1. The summed E-state index contributed by atoms with van der Waals surface area (Å²) < 4.78 is 25.8. The SMILES string of the molecule is Cc1ccc(Cl)cc1S(=O)(=O)NC(CO)C(=O)O. The maximum Gasteiger partial charge on any atom is 0.324 e. The minimum Gasteiger partial charge on any atom is -0.480 e. The molecule has 0 aliphatic carbocycles. The van der Waals surface area contributed by atoms with Gasteiger partial charge in [-0.3, -0.25) is 4.79 Å². The molecular weight excluding hydrogens is 282 g/mol. The summed E-state index contributed by atoms with van der Waals surface area (Å²) in [7, 11) is -4.05.